The Morgan fingerprint density at radius 2 is 1.60 bits per heavy atom. The highest BCUT2D eigenvalue weighted by atomic mass is 31.0. The van der Waals surface area contributed by atoms with Crippen LogP contribution in [-0.2, 0) is 17.8 Å². The maximum atomic E-state index is 16.1. The highest BCUT2D eigenvalue weighted by molar-refractivity contribution is 7.15. The number of rotatable bonds is 8. The van der Waals surface area contributed by atoms with Gasteiger partial charge in [-0.15, -0.1) is 0 Å². The third-order valence-corrected chi connectivity index (χ3v) is 7.65. The second-order valence-electron chi connectivity index (χ2n) is 12.7. The molecule has 1 unspecified atom stereocenters. The van der Waals surface area contributed by atoms with E-state index < -0.39 is 34.0 Å². The van der Waals surface area contributed by atoms with Gasteiger partial charge in [-0.05, 0) is 22.4 Å². The molecule has 2 aromatic heterocycles. The van der Waals surface area contributed by atoms with E-state index in [-0.39, 0.29) is 24.6 Å². The van der Waals surface area contributed by atoms with Gasteiger partial charge in [0.15, 0.2) is 23.1 Å². The Morgan fingerprint density at radius 1 is 1.00 bits per heavy atom. The van der Waals surface area contributed by atoms with Crippen LogP contribution in [0, 0.1) is 11.6 Å². The zero-order valence-electron chi connectivity index (χ0n) is 25.4. The van der Waals surface area contributed by atoms with E-state index in [0.29, 0.717) is 36.7 Å². The zero-order valence-corrected chi connectivity index (χ0v) is 26.5. The fourth-order valence-corrected chi connectivity index (χ4v) is 5.72. The van der Waals surface area contributed by atoms with Gasteiger partial charge in [0.2, 0.25) is 0 Å². The number of morpholine rings is 1. The van der Waals surface area contributed by atoms with Crippen LogP contribution in [0.3, 0.4) is 0 Å². The summed E-state index contributed by atoms with van der Waals surface area (Å²) in [5, 5.41) is -0.742. The lowest BCUT2D eigenvalue weighted by atomic mass is 9.52. The van der Waals surface area contributed by atoms with E-state index in [0.717, 1.165) is 29.1 Å². The Kier molecular flexibility index (Phi) is 8.42. The minimum absolute atomic E-state index is 0.0732. The molecule has 5 rings (SSSR count). The highest BCUT2D eigenvalue weighted by Crippen LogP contribution is 2.43. The van der Waals surface area contributed by atoms with Crippen LogP contribution in [0.15, 0.2) is 18.3 Å². The molecule has 1 aromatic carbocycles. The van der Waals surface area contributed by atoms with Crippen LogP contribution in [0.1, 0.15) is 18.2 Å². The number of hydrogen-bond donors (Lipinski definition) is 0. The van der Waals surface area contributed by atoms with E-state index in [1.165, 1.54) is 6.07 Å². The number of halogens is 2. The van der Waals surface area contributed by atoms with Crippen molar-refractivity contribution in [3.8, 4) is 11.5 Å². The third-order valence-electron chi connectivity index (χ3n) is 7.07. The van der Waals surface area contributed by atoms with E-state index in [1.54, 1.807) is 58.2 Å². The van der Waals surface area contributed by atoms with Crippen LogP contribution in [-0.4, -0.2) is 111 Å². The fourth-order valence-electron chi connectivity index (χ4n) is 5.36. The second-order valence-corrected chi connectivity index (χ2v) is 13.2. The van der Waals surface area contributed by atoms with Crippen LogP contribution in [0.25, 0.3) is 11.0 Å². The first-order valence-electron chi connectivity index (χ1n) is 14.2. The number of amides is 2. The summed E-state index contributed by atoms with van der Waals surface area (Å²) >= 11 is 0. The van der Waals surface area contributed by atoms with Crippen molar-refractivity contribution in [2.24, 2.45) is 0 Å². The molecule has 18 heteroatoms. The number of benzene rings is 1. The van der Waals surface area contributed by atoms with Gasteiger partial charge in [-0.3, -0.25) is 14.7 Å². The number of fused-ring (bicyclic) bond motifs is 3. The molecule has 0 aliphatic carbocycles. The van der Waals surface area contributed by atoms with Gasteiger partial charge >= 0.3 is 6.03 Å². The van der Waals surface area contributed by atoms with Crippen molar-refractivity contribution in [1.82, 2.24) is 14.2 Å². The van der Waals surface area contributed by atoms with E-state index >= 15 is 8.78 Å². The molecule has 4 heterocycles. The molecule has 0 bridgehead atoms. The van der Waals surface area contributed by atoms with E-state index in [9.17, 15) is 4.79 Å². The lowest BCUT2D eigenvalue weighted by Crippen LogP contribution is -2.48. The molecule has 0 saturated carbocycles. The molecule has 2 aliphatic heterocycles. The van der Waals surface area contributed by atoms with Gasteiger partial charge in [0.05, 0.1) is 25.4 Å². The highest BCUT2D eigenvalue weighted by Gasteiger charge is 2.38. The van der Waals surface area contributed by atoms with Crippen molar-refractivity contribution in [3.05, 3.63) is 41.2 Å². The molecular formula is C24H34B6F2N5O4P. The number of hydrogen-bond acceptors (Lipinski definition) is 6. The summed E-state index contributed by atoms with van der Waals surface area (Å²) in [7, 11) is 13.3. The topological polar surface area (TPSA) is 72.3 Å². The Bertz CT molecular complexity index is 1490. The Hall–Kier alpha value is -2.62. The quantitative estimate of drug-likeness (QED) is 0.214. The monoisotopic (exact) mass is 591 g/mol. The van der Waals surface area contributed by atoms with Gasteiger partial charge in [0, 0.05) is 65.7 Å². The maximum Gasteiger partial charge on any atom is 0.329 e. The second kappa shape index (κ2) is 11.5. The summed E-state index contributed by atoms with van der Waals surface area (Å²) in [4.78, 5) is 23.7. The van der Waals surface area contributed by atoms with Crippen molar-refractivity contribution in [2.45, 2.75) is 30.6 Å². The van der Waals surface area contributed by atoms with Crippen LogP contribution < -0.4 is 19.3 Å². The number of pyridine rings is 1. The van der Waals surface area contributed by atoms with Crippen molar-refractivity contribution < 1.29 is 27.8 Å². The predicted octanol–water partition coefficient (Wildman–Crippen LogP) is -2.47. The number of urea groups is 1. The lowest BCUT2D eigenvalue weighted by molar-refractivity contribution is 0.0336. The molecule has 1 saturated heterocycles. The largest absolute Gasteiger partial charge is 0.511 e. The van der Waals surface area contributed by atoms with Gasteiger partial charge < -0.3 is 18.5 Å². The van der Waals surface area contributed by atoms with Crippen molar-refractivity contribution in [2.75, 3.05) is 42.6 Å². The Labute approximate surface area is 252 Å². The SMILES string of the molecule is BC(B)(B)Oc1cc(OC(B)(B)B)c(F)c(N2Cc3cnc4c(cc(CN5CCOCC5)n4P)c3N(CC)C2=O)c1F. The number of ether oxygens (including phenoxy) is 3. The van der Waals surface area contributed by atoms with Gasteiger partial charge in [0.25, 0.3) is 0 Å². The van der Waals surface area contributed by atoms with Crippen LogP contribution >= 0.6 is 9.39 Å². The first kappa shape index (κ1) is 30.8. The van der Waals surface area contributed by atoms with E-state index in [4.69, 9.17) is 19.2 Å². The van der Waals surface area contributed by atoms with Crippen LogP contribution in [0.5, 0.6) is 11.5 Å². The first-order chi connectivity index (χ1) is 19.7. The van der Waals surface area contributed by atoms with Gasteiger partial charge in [-0.25, -0.2) is 18.6 Å². The van der Waals surface area contributed by atoms with Crippen molar-refractivity contribution in [1.29, 1.82) is 0 Å². The maximum absolute atomic E-state index is 16.1. The minimum Gasteiger partial charge on any atom is -0.511 e. The smallest absolute Gasteiger partial charge is 0.329 e. The Balaban J connectivity index is 1.61. The summed E-state index contributed by atoms with van der Waals surface area (Å²) in [5.74, 6) is -2.31. The molecule has 0 spiro atoms. The van der Waals surface area contributed by atoms with E-state index in [1.807, 2.05) is 17.3 Å². The summed E-state index contributed by atoms with van der Waals surface area (Å²) < 4.78 is 51.4. The molecular weight excluding hydrogens is 556 g/mol. The molecule has 1 fully saturated rings. The number of carbonyl (C=O) groups excluding carboxylic acids is 1. The number of aromatic nitrogens is 2. The molecule has 0 radical (unpaired) electrons. The molecule has 3 aromatic rings. The fraction of sp³-hybridized carbons (Fsp3) is 0.417. The standard InChI is InChI=1S/C24H34B6F2N5O4P/c1-2-35-19-12(9-33-21-14(19)7-13(37(21)42)11-34-3-5-39-6-4-34)10-36(22(35)38)20-17(31)15(40-23(25,26)27)8-16(18(20)32)41-24(28,29)30/h7-9H,2-6,10-11,25-30,42H2,1H3. The zero-order chi connectivity index (χ0) is 30.6. The van der Waals surface area contributed by atoms with Gasteiger partial charge in [-0.2, -0.15) is 0 Å². The molecule has 2 aliphatic rings. The summed E-state index contributed by atoms with van der Waals surface area (Å²) in [6, 6.07) is 2.72. The average molecular weight is 590 g/mol. The van der Waals surface area contributed by atoms with Crippen molar-refractivity contribution >= 4 is 84.9 Å². The van der Waals surface area contributed by atoms with Crippen molar-refractivity contribution in [3.63, 3.8) is 0 Å². The molecule has 9 nitrogen and oxygen atoms in total. The Morgan fingerprint density at radius 3 is 2.14 bits per heavy atom. The van der Waals surface area contributed by atoms with Crippen LogP contribution in [0.4, 0.5) is 25.0 Å². The normalized spacial score (nSPS) is 16.6. The summed E-state index contributed by atoms with van der Waals surface area (Å²) in [5.41, 5.74) is 2.60. The molecule has 0 N–H and O–H groups in total. The average Bonchev–Trinajstić information content (AvgIpc) is 3.21. The minimum atomic E-state index is -0.963. The lowest BCUT2D eigenvalue weighted by Gasteiger charge is -2.37. The molecule has 1 atom stereocenters. The van der Waals surface area contributed by atoms with Gasteiger partial charge in [0.1, 0.15) is 58.4 Å². The number of anilines is 2. The first-order valence-corrected chi connectivity index (χ1v) is 14.8. The third kappa shape index (κ3) is 6.06. The molecule has 42 heavy (non-hydrogen) atoms. The molecule has 2 amide bonds. The summed E-state index contributed by atoms with van der Waals surface area (Å²) in [6.07, 6.45) is 1.68. The predicted molar refractivity (Wildman–Crippen MR) is 180 cm³/mol. The van der Waals surface area contributed by atoms with E-state index in [2.05, 4.69) is 14.3 Å². The molecule has 216 valence electrons. The number of carbonyl (C=O) groups is 1. The number of nitrogens with zero attached hydrogens (tertiary/aromatic N) is 5. The summed E-state index contributed by atoms with van der Waals surface area (Å²) in [6.45, 7) is 5.81. The van der Waals surface area contributed by atoms with Gasteiger partial charge in [-0.1, -0.05) is 0 Å². The van der Waals surface area contributed by atoms with Crippen LogP contribution in [0.2, 0.25) is 0 Å².